The van der Waals surface area contributed by atoms with Crippen molar-refractivity contribution >= 4 is 22.9 Å². The molecule has 1 aromatic carbocycles. The van der Waals surface area contributed by atoms with Gasteiger partial charge in [-0.05, 0) is 23.9 Å². The third-order valence-electron chi connectivity index (χ3n) is 2.42. The number of carbonyl (C=O) groups is 1. The molecule has 92 valence electrons. The van der Waals surface area contributed by atoms with Gasteiger partial charge in [0.1, 0.15) is 0 Å². The van der Waals surface area contributed by atoms with Crippen LogP contribution in [0, 0.1) is 0 Å². The summed E-state index contributed by atoms with van der Waals surface area (Å²) in [4.78, 5) is 12.7. The van der Waals surface area contributed by atoms with Crippen LogP contribution >= 0.6 is 11.3 Å². The SMILES string of the molecule is CCOC(=O)C=C(c1ccccc1)c1cccs1. The van der Waals surface area contributed by atoms with Crippen LogP contribution in [0.2, 0.25) is 0 Å². The first kappa shape index (κ1) is 12.6. The van der Waals surface area contributed by atoms with E-state index >= 15 is 0 Å². The maximum Gasteiger partial charge on any atom is 0.331 e. The summed E-state index contributed by atoms with van der Waals surface area (Å²) >= 11 is 1.61. The molecule has 0 atom stereocenters. The van der Waals surface area contributed by atoms with E-state index in [1.54, 1.807) is 24.3 Å². The smallest absolute Gasteiger partial charge is 0.331 e. The van der Waals surface area contributed by atoms with Gasteiger partial charge in [0.2, 0.25) is 0 Å². The maximum atomic E-state index is 11.6. The van der Waals surface area contributed by atoms with Gasteiger partial charge in [-0.1, -0.05) is 36.4 Å². The van der Waals surface area contributed by atoms with Gasteiger partial charge in [-0.2, -0.15) is 0 Å². The summed E-state index contributed by atoms with van der Waals surface area (Å²) in [6, 6.07) is 13.8. The Hall–Kier alpha value is -1.87. The van der Waals surface area contributed by atoms with Crippen LogP contribution in [-0.2, 0) is 9.53 Å². The highest BCUT2D eigenvalue weighted by Crippen LogP contribution is 2.27. The zero-order valence-electron chi connectivity index (χ0n) is 10.1. The predicted molar refractivity (Wildman–Crippen MR) is 74.5 cm³/mol. The average Bonchev–Trinajstić information content (AvgIpc) is 2.91. The van der Waals surface area contributed by atoms with Crippen LogP contribution in [0.15, 0.2) is 53.9 Å². The highest BCUT2D eigenvalue weighted by molar-refractivity contribution is 7.11. The van der Waals surface area contributed by atoms with E-state index in [9.17, 15) is 4.79 Å². The number of hydrogen-bond donors (Lipinski definition) is 0. The van der Waals surface area contributed by atoms with Gasteiger partial charge < -0.3 is 4.74 Å². The summed E-state index contributed by atoms with van der Waals surface area (Å²) in [7, 11) is 0. The van der Waals surface area contributed by atoms with Crippen LogP contribution in [0.1, 0.15) is 17.4 Å². The monoisotopic (exact) mass is 258 g/mol. The van der Waals surface area contributed by atoms with Crippen LogP contribution < -0.4 is 0 Å². The lowest BCUT2D eigenvalue weighted by molar-refractivity contribution is -0.137. The minimum absolute atomic E-state index is 0.301. The Balaban J connectivity index is 2.39. The Morgan fingerprint density at radius 1 is 1.22 bits per heavy atom. The van der Waals surface area contributed by atoms with Crippen molar-refractivity contribution in [3.63, 3.8) is 0 Å². The molecule has 0 fully saturated rings. The number of rotatable bonds is 4. The molecule has 3 heteroatoms. The van der Waals surface area contributed by atoms with Crippen molar-refractivity contribution in [1.29, 1.82) is 0 Å². The Labute approximate surface area is 111 Å². The molecule has 0 aliphatic carbocycles. The van der Waals surface area contributed by atoms with Gasteiger partial charge in [0.25, 0.3) is 0 Å². The molecule has 2 rings (SSSR count). The molecular weight excluding hydrogens is 244 g/mol. The van der Waals surface area contributed by atoms with Crippen LogP contribution in [0.25, 0.3) is 5.57 Å². The summed E-state index contributed by atoms with van der Waals surface area (Å²) in [6.45, 7) is 2.20. The van der Waals surface area contributed by atoms with Gasteiger partial charge in [0.15, 0.2) is 0 Å². The Morgan fingerprint density at radius 3 is 2.61 bits per heavy atom. The van der Waals surface area contributed by atoms with Crippen molar-refractivity contribution in [3.8, 4) is 0 Å². The zero-order valence-corrected chi connectivity index (χ0v) is 10.9. The van der Waals surface area contributed by atoms with Crippen molar-refractivity contribution in [2.75, 3.05) is 6.61 Å². The Morgan fingerprint density at radius 2 is 2.00 bits per heavy atom. The average molecular weight is 258 g/mol. The van der Waals surface area contributed by atoms with Crippen molar-refractivity contribution in [3.05, 3.63) is 64.4 Å². The van der Waals surface area contributed by atoms with Crippen LogP contribution in [-0.4, -0.2) is 12.6 Å². The van der Waals surface area contributed by atoms with E-state index in [-0.39, 0.29) is 5.97 Å². The summed E-state index contributed by atoms with van der Waals surface area (Å²) in [5, 5.41) is 2.00. The lowest BCUT2D eigenvalue weighted by Gasteiger charge is -2.05. The minimum atomic E-state index is -0.301. The first-order valence-corrected chi connectivity index (χ1v) is 6.67. The van der Waals surface area contributed by atoms with E-state index in [0.717, 1.165) is 16.0 Å². The molecule has 0 N–H and O–H groups in total. The summed E-state index contributed by atoms with van der Waals surface area (Å²) in [5.74, 6) is -0.301. The molecule has 0 aliphatic heterocycles. The Bertz CT molecular complexity index is 527. The fourth-order valence-corrected chi connectivity index (χ4v) is 2.41. The standard InChI is InChI=1S/C15H14O2S/c1-2-17-15(16)11-13(14-9-6-10-18-14)12-7-4-3-5-8-12/h3-11H,2H2,1H3. The van der Waals surface area contributed by atoms with Crippen molar-refractivity contribution in [1.82, 2.24) is 0 Å². The fraction of sp³-hybridized carbons (Fsp3) is 0.133. The predicted octanol–water partition coefficient (Wildman–Crippen LogP) is 3.74. The Kier molecular flexibility index (Phi) is 4.31. The lowest BCUT2D eigenvalue weighted by Crippen LogP contribution is -2.01. The summed E-state index contributed by atoms with van der Waals surface area (Å²) < 4.78 is 4.98. The van der Waals surface area contributed by atoms with E-state index < -0.39 is 0 Å². The molecule has 0 unspecified atom stereocenters. The quantitative estimate of drug-likeness (QED) is 0.617. The number of esters is 1. The van der Waals surface area contributed by atoms with Gasteiger partial charge >= 0.3 is 5.97 Å². The second-order valence-electron chi connectivity index (χ2n) is 3.65. The number of hydrogen-bond acceptors (Lipinski definition) is 3. The van der Waals surface area contributed by atoms with Gasteiger partial charge in [0.05, 0.1) is 6.61 Å². The third kappa shape index (κ3) is 3.08. The summed E-state index contributed by atoms with van der Waals surface area (Å²) in [5.41, 5.74) is 1.93. The van der Waals surface area contributed by atoms with E-state index in [0.29, 0.717) is 6.61 Å². The van der Waals surface area contributed by atoms with E-state index in [4.69, 9.17) is 4.74 Å². The molecule has 0 radical (unpaired) electrons. The first-order chi connectivity index (χ1) is 8.81. The molecule has 2 nitrogen and oxygen atoms in total. The normalized spacial score (nSPS) is 11.3. The third-order valence-corrected chi connectivity index (χ3v) is 3.32. The first-order valence-electron chi connectivity index (χ1n) is 5.79. The summed E-state index contributed by atoms with van der Waals surface area (Å²) in [6.07, 6.45) is 1.56. The molecule has 1 aromatic heterocycles. The number of carbonyl (C=O) groups excluding carboxylic acids is 1. The van der Waals surface area contributed by atoms with Crippen molar-refractivity contribution < 1.29 is 9.53 Å². The zero-order chi connectivity index (χ0) is 12.8. The molecule has 0 bridgehead atoms. The van der Waals surface area contributed by atoms with Gasteiger partial charge in [-0.15, -0.1) is 11.3 Å². The molecule has 0 saturated carbocycles. The molecule has 1 heterocycles. The topological polar surface area (TPSA) is 26.3 Å². The highest BCUT2D eigenvalue weighted by atomic mass is 32.1. The lowest BCUT2D eigenvalue weighted by atomic mass is 10.0. The fourth-order valence-electron chi connectivity index (χ4n) is 1.65. The van der Waals surface area contributed by atoms with Gasteiger partial charge in [-0.3, -0.25) is 0 Å². The van der Waals surface area contributed by atoms with E-state index in [1.807, 2.05) is 47.8 Å². The van der Waals surface area contributed by atoms with Gasteiger partial charge in [0, 0.05) is 16.5 Å². The molecule has 0 spiro atoms. The minimum Gasteiger partial charge on any atom is -0.463 e. The molecular formula is C15H14O2S. The van der Waals surface area contributed by atoms with Crippen LogP contribution in [0.3, 0.4) is 0 Å². The van der Waals surface area contributed by atoms with Crippen molar-refractivity contribution in [2.24, 2.45) is 0 Å². The molecule has 0 saturated heterocycles. The molecule has 2 aromatic rings. The molecule has 0 aliphatic rings. The second kappa shape index (κ2) is 6.17. The maximum absolute atomic E-state index is 11.6. The van der Waals surface area contributed by atoms with Crippen molar-refractivity contribution in [2.45, 2.75) is 6.92 Å². The van der Waals surface area contributed by atoms with Crippen LogP contribution in [0.5, 0.6) is 0 Å². The molecule has 18 heavy (non-hydrogen) atoms. The number of benzene rings is 1. The van der Waals surface area contributed by atoms with E-state index in [2.05, 4.69) is 0 Å². The number of thiophene rings is 1. The van der Waals surface area contributed by atoms with Crippen LogP contribution in [0.4, 0.5) is 0 Å². The largest absolute Gasteiger partial charge is 0.463 e. The van der Waals surface area contributed by atoms with E-state index in [1.165, 1.54) is 0 Å². The highest BCUT2D eigenvalue weighted by Gasteiger charge is 2.08. The van der Waals surface area contributed by atoms with Gasteiger partial charge in [-0.25, -0.2) is 4.79 Å². The number of ether oxygens (including phenoxy) is 1. The molecule has 0 amide bonds. The second-order valence-corrected chi connectivity index (χ2v) is 4.60.